The minimum atomic E-state index is -3.83. The number of hydrogen-bond donors (Lipinski definition) is 2. The van der Waals surface area contributed by atoms with Gasteiger partial charge in [0.25, 0.3) is 5.56 Å². The predicted molar refractivity (Wildman–Crippen MR) is 99.2 cm³/mol. The fraction of sp³-hybridized carbons (Fsp3) is 0.125. The Labute approximate surface area is 153 Å². The molecule has 3 aromatic rings. The average molecular weight is 393 g/mol. The molecule has 3 N–H and O–H groups in total. The molecular formula is C16H15N3O5S2. The quantitative estimate of drug-likeness (QED) is 0.652. The fourth-order valence-electron chi connectivity index (χ4n) is 2.62. The summed E-state index contributed by atoms with van der Waals surface area (Å²) in [5.41, 5.74) is 0.438. The summed E-state index contributed by atoms with van der Waals surface area (Å²) in [6, 6.07) is 8.75. The molecule has 8 nitrogen and oxygen atoms in total. The van der Waals surface area contributed by atoms with Crippen molar-refractivity contribution in [1.82, 2.24) is 9.55 Å². The summed E-state index contributed by atoms with van der Waals surface area (Å²) in [4.78, 5) is 15.8. The first kappa shape index (κ1) is 18.1. The molecule has 1 aromatic heterocycles. The maximum absolute atomic E-state index is 12.9. The Morgan fingerprint density at radius 3 is 2.27 bits per heavy atom. The van der Waals surface area contributed by atoms with Crippen LogP contribution in [0.5, 0.6) is 11.5 Å². The van der Waals surface area contributed by atoms with Gasteiger partial charge in [-0.25, -0.2) is 13.6 Å². The minimum absolute atomic E-state index is 0.0589. The van der Waals surface area contributed by atoms with Crippen LogP contribution < -0.4 is 20.2 Å². The third-order valence-electron chi connectivity index (χ3n) is 3.84. The van der Waals surface area contributed by atoms with E-state index in [0.717, 1.165) is 0 Å². The monoisotopic (exact) mass is 393 g/mol. The first-order chi connectivity index (χ1) is 12.3. The normalized spacial score (nSPS) is 11.5. The summed E-state index contributed by atoms with van der Waals surface area (Å²) >= 11 is 5.31. The highest BCUT2D eigenvalue weighted by Gasteiger charge is 2.15. The van der Waals surface area contributed by atoms with Gasteiger partial charge in [0.2, 0.25) is 10.0 Å². The first-order valence-corrected chi connectivity index (χ1v) is 9.26. The maximum atomic E-state index is 12.9. The van der Waals surface area contributed by atoms with Gasteiger partial charge in [0.05, 0.1) is 35.7 Å². The third-order valence-corrected chi connectivity index (χ3v) is 5.05. The largest absolute Gasteiger partial charge is 0.493 e. The summed E-state index contributed by atoms with van der Waals surface area (Å²) in [6.45, 7) is 0. The van der Waals surface area contributed by atoms with Crippen LogP contribution >= 0.6 is 12.2 Å². The minimum Gasteiger partial charge on any atom is -0.493 e. The number of H-pyrrole nitrogens is 1. The molecule has 26 heavy (non-hydrogen) atoms. The third kappa shape index (κ3) is 2.98. The van der Waals surface area contributed by atoms with Crippen molar-refractivity contribution < 1.29 is 17.9 Å². The standard InChI is InChI=1S/C16H15N3O5S2/c1-23-12-8-7-11-13(14(12)24-2)18-16(25)19(15(11)20)9-3-5-10(6-4-9)26(17,21)22/h3-8H,1-2H3,(H,18,25)(H2,17,21,22). The summed E-state index contributed by atoms with van der Waals surface area (Å²) in [5.74, 6) is 0.824. The highest BCUT2D eigenvalue weighted by Crippen LogP contribution is 2.32. The number of nitrogens with one attached hydrogen (secondary N) is 1. The van der Waals surface area contributed by atoms with E-state index < -0.39 is 10.0 Å². The van der Waals surface area contributed by atoms with Crippen LogP contribution in [0.15, 0.2) is 46.1 Å². The Kier molecular flexibility index (Phi) is 4.57. The lowest BCUT2D eigenvalue weighted by atomic mass is 10.2. The second-order valence-electron chi connectivity index (χ2n) is 5.33. The van der Waals surface area contributed by atoms with Crippen LogP contribution in [0.2, 0.25) is 0 Å². The van der Waals surface area contributed by atoms with Crippen LogP contribution in [0, 0.1) is 4.77 Å². The van der Waals surface area contributed by atoms with E-state index in [-0.39, 0.29) is 15.2 Å². The van der Waals surface area contributed by atoms with Crippen LogP contribution in [0.1, 0.15) is 0 Å². The molecule has 10 heteroatoms. The van der Waals surface area contributed by atoms with Gasteiger partial charge in [-0.2, -0.15) is 0 Å². The van der Waals surface area contributed by atoms with Gasteiger partial charge in [0.1, 0.15) is 0 Å². The van der Waals surface area contributed by atoms with Crippen LogP contribution in [-0.2, 0) is 10.0 Å². The molecule has 0 atom stereocenters. The van der Waals surface area contributed by atoms with Gasteiger partial charge >= 0.3 is 0 Å². The van der Waals surface area contributed by atoms with Crippen molar-refractivity contribution in [2.75, 3.05) is 14.2 Å². The molecule has 0 aliphatic carbocycles. The van der Waals surface area contributed by atoms with E-state index in [2.05, 4.69) is 4.98 Å². The van der Waals surface area contributed by atoms with Crippen molar-refractivity contribution in [1.29, 1.82) is 0 Å². The van der Waals surface area contributed by atoms with Gasteiger partial charge in [-0.1, -0.05) is 0 Å². The number of benzene rings is 2. The predicted octanol–water partition coefficient (Wildman–Crippen LogP) is 1.71. The van der Waals surface area contributed by atoms with E-state index in [1.807, 2.05) is 0 Å². The number of aromatic nitrogens is 2. The van der Waals surface area contributed by atoms with Gasteiger partial charge in [-0.15, -0.1) is 0 Å². The second-order valence-corrected chi connectivity index (χ2v) is 7.28. The Morgan fingerprint density at radius 1 is 1.08 bits per heavy atom. The Morgan fingerprint density at radius 2 is 1.73 bits per heavy atom. The highest BCUT2D eigenvalue weighted by atomic mass is 32.2. The van der Waals surface area contributed by atoms with E-state index in [1.54, 1.807) is 12.1 Å². The fourth-order valence-corrected chi connectivity index (χ4v) is 3.43. The average Bonchev–Trinajstić information content (AvgIpc) is 2.60. The van der Waals surface area contributed by atoms with Gasteiger partial charge in [-0.3, -0.25) is 9.36 Å². The van der Waals surface area contributed by atoms with Gasteiger partial charge in [0, 0.05) is 0 Å². The van der Waals surface area contributed by atoms with Crippen molar-refractivity contribution in [3.63, 3.8) is 0 Å². The van der Waals surface area contributed by atoms with Crippen LogP contribution in [0.25, 0.3) is 16.6 Å². The highest BCUT2D eigenvalue weighted by molar-refractivity contribution is 7.89. The molecule has 0 bridgehead atoms. The zero-order valence-electron chi connectivity index (χ0n) is 13.8. The number of ether oxygens (including phenoxy) is 2. The maximum Gasteiger partial charge on any atom is 0.266 e. The lowest BCUT2D eigenvalue weighted by molar-refractivity contribution is 0.358. The first-order valence-electron chi connectivity index (χ1n) is 7.31. The molecule has 0 amide bonds. The lowest BCUT2D eigenvalue weighted by Gasteiger charge is -2.13. The molecule has 0 fully saturated rings. The molecule has 0 radical (unpaired) electrons. The van der Waals surface area contributed by atoms with Gasteiger partial charge < -0.3 is 14.5 Å². The zero-order chi connectivity index (χ0) is 19.1. The van der Waals surface area contributed by atoms with Crippen molar-refractivity contribution in [2.45, 2.75) is 4.90 Å². The number of sulfonamides is 1. The molecule has 2 aromatic carbocycles. The molecule has 0 aliphatic heterocycles. The smallest absolute Gasteiger partial charge is 0.266 e. The van der Waals surface area contributed by atoms with Crippen molar-refractivity contribution in [3.05, 3.63) is 51.5 Å². The molecule has 136 valence electrons. The Bertz CT molecular complexity index is 1210. The number of methoxy groups -OCH3 is 2. The number of primary sulfonamides is 1. The van der Waals surface area contributed by atoms with Crippen LogP contribution in [-0.4, -0.2) is 32.2 Å². The molecule has 0 unspecified atom stereocenters. The number of fused-ring (bicyclic) bond motifs is 1. The summed E-state index contributed by atoms with van der Waals surface area (Å²) in [5, 5.41) is 5.43. The Balaban J connectivity index is 2.29. The SMILES string of the molecule is COc1ccc2c(=O)n(-c3ccc(S(N)(=O)=O)cc3)c(=S)[nH]c2c1OC. The number of aromatic amines is 1. The summed E-state index contributed by atoms with van der Waals surface area (Å²) in [7, 11) is -0.868. The van der Waals surface area contributed by atoms with Crippen LogP contribution in [0.3, 0.4) is 0 Å². The molecule has 0 aliphatic rings. The van der Waals surface area contributed by atoms with Crippen LogP contribution in [0.4, 0.5) is 0 Å². The lowest BCUT2D eigenvalue weighted by Crippen LogP contribution is -2.21. The van der Waals surface area contributed by atoms with E-state index in [4.69, 9.17) is 26.8 Å². The van der Waals surface area contributed by atoms with E-state index in [0.29, 0.717) is 28.1 Å². The van der Waals surface area contributed by atoms with Crippen molar-refractivity contribution in [3.8, 4) is 17.2 Å². The van der Waals surface area contributed by atoms with E-state index in [9.17, 15) is 13.2 Å². The van der Waals surface area contributed by atoms with Gasteiger partial charge in [-0.05, 0) is 48.6 Å². The van der Waals surface area contributed by atoms with E-state index in [1.165, 1.54) is 43.1 Å². The topological polar surface area (TPSA) is 116 Å². The molecule has 0 spiro atoms. The molecule has 3 rings (SSSR count). The number of rotatable bonds is 4. The number of hydrogen-bond acceptors (Lipinski definition) is 6. The molecular weight excluding hydrogens is 378 g/mol. The van der Waals surface area contributed by atoms with Gasteiger partial charge in [0.15, 0.2) is 16.3 Å². The molecule has 1 heterocycles. The number of nitrogens with zero attached hydrogens (tertiary/aromatic N) is 1. The summed E-state index contributed by atoms with van der Waals surface area (Å²) < 4.78 is 34.7. The van der Waals surface area contributed by atoms with E-state index >= 15 is 0 Å². The zero-order valence-corrected chi connectivity index (χ0v) is 15.5. The second kappa shape index (κ2) is 6.56. The number of nitrogens with two attached hydrogens (primary N) is 1. The van der Waals surface area contributed by atoms with Crippen molar-refractivity contribution in [2.24, 2.45) is 5.14 Å². The summed E-state index contributed by atoms with van der Waals surface area (Å²) in [6.07, 6.45) is 0. The molecule has 0 saturated carbocycles. The van der Waals surface area contributed by atoms with Crippen molar-refractivity contribution >= 4 is 33.1 Å². The molecule has 0 saturated heterocycles. The Hall–Kier alpha value is -2.69.